The summed E-state index contributed by atoms with van der Waals surface area (Å²) in [5, 5.41) is 10.4. The molecular weight excluding hydrogens is 720 g/mol. The van der Waals surface area contributed by atoms with Gasteiger partial charge in [-0.3, -0.25) is 19.2 Å². The van der Waals surface area contributed by atoms with Gasteiger partial charge in [-0.05, 0) is 78.9 Å². The summed E-state index contributed by atoms with van der Waals surface area (Å²) >= 11 is 14.4. The highest BCUT2D eigenvalue weighted by atomic mass is 35.5. The van der Waals surface area contributed by atoms with E-state index in [1.54, 1.807) is 0 Å². The van der Waals surface area contributed by atoms with E-state index in [9.17, 15) is 55.0 Å². The van der Waals surface area contributed by atoms with Crippen LogP contribution in [0.4, 0.5) is 42.1 Å². The fourth-order valence-corrected chi connectivity index (χ4v) is 8.73. The highest BCUT2D eigenvalue weighted by molar-refractivity contribution is 6.58. The molecule has 2 aliphatic heterocycles. The number of benzene rings is 3. The standard InChI is InChI=1S/C34H21Cl2F7N2O5/c35-31-14-24-22(8-9-23-25(24)28(48)44(27(23)47)20-12-16(33(38,39)40)11-17(13-20)34(41,42)43)26(15-2-1-3-21(46)10-15)32(31,36)30(50)45(29(31)49)19-6-4-18(37)5-7-19/h1-8,10-13,23-26,46H,9,14H2. The predicted molar refractivity (Wildman–Crippen MR) is 164 cm³/mol. The van der Waals surface area contributed by atoms with Crippen LogP contribution in [0.15, 0.2) is 78.4 Å². The number of imide groups is 2. The Morgan fingerprint density at radius 1 is 0.740 bits per heavy atom. The summed E-state index contributed by atoms with van der Waals surface area (Å²) in [6, 6.07) is 10.2. The van der Waals surface area contributed by atoms with Gasteiger partial charge in [0.25, 0.3) is 11.8 Å². The molecular formula is C34H21Cl2F7N2O5. The number of carbonyl (C=O) groups excluding carboxylic acids is 4. The zero-order valence-corrected chi connectivity index (χ0v) is 26.5. The van der Waals surface area contributed by atoms with Crippen molar-refractivity contribution >= 4 is 58.2 Å². The number of rotatable bonds is 3. The summed E-state index contributed by atoms with van der Waals surface area (Å²) in [4.78, 5) is 52.7. The van der Waals surface area contributed by atoms with Gasteiger partial charge in [0.05, 0.1) is 34.3 Å². The molecule has 1 saturated carbocycles. The lowest BCUT2D eigenvalue weighted by atomic mass is 9.56. The maximum atomic E-state index is 14.3. The van der Waals surface area contributed by atoms with E-state index in [-0.39, 0.29) is 52.1 Å². The van der Waals surface area contributed by atoms with E-state index in [1.165, 1.54) is 30.3 Å². The Bertz CT molecular complexity index is 2000. The summed E-state index contributed by atoms with van der Waals surface area (Å²) in [7, 11) is 0. The highest BCUT2D eigenvalue weighted by Crippen LogP contribution is 2.66. The third-order valence-corrected chi connectivity index (χ3v) is 11.3. The first kappa shape index (κ1) is 34.0. The average molecular weight is 741 g/mol. The van der Waals surface area contributed by atoms with E-state index in [4.69, 9.17) is 23.2 Å². The molecule has 16 heteroatoms. The van der Waals surface area contributed by atoms with Gasteiger partial charge in [0.1, 0.15) is 11.6 Å². The number of carbonyl (C=O) groups is 4. The molecule has 4 aliphatic rings. The molecule has 4 amide bonds. The molecule has 2 heterocycles. The van der Waals surface area contributed by atoms with Crippen LogP contribution in [0.2, 0.25) is 0 Å². The SMILES string of the molecule is O=C1C2CC=C3C(CC4(Cl)C(=O)N(c5ccc(F)cc5)C(=O)C4(Cl)C3c3cccc(O)c3)C2C(=O)N1c1cc(C(F)(F)F)cc(C(F)(F)F)c1. The summed E-state index contributed by atoms with van der Waals surface area (Å²) in [5.74, 6) is -10.4. The van der Waals surface area contributed by atoms with Crippen molar-refractivity contribution in [3.63, 3.8) is 0 Å². The van der Waals surface area contributed by atoms with Gasteiger partial charge in [-0.2, -0.15) is 26.3 Å². The number of phenolic OH excluding ortho intramolecular Hbond substituents is 1. The van der Waals surface area contributed by atoms with Crippen molar-refractivity contribution in [1.29, 1.82) is 0 Å². The van der Waals surface area contributed by atoms with Crippen molar-refractivity contribution in [3.05, 3.63) is 101 Å². The molecule has 0 radical (unpaired) electrons. The summed E-state index contributed by atoms with van der Waals surface area (Å²) in [6.07, 6.45) is -9.81. The van der Waals surface area contributed by atoms with Crippen LogP contribution in [0.3, 0.4) is 0 Å². The van der Waals surface area contributed by atoms with E-state index >= 15 is 0 Å². The number of halogens is 9. The Morgan fingerprint density at radius 2 is 1.36 bits per heavy atom. The molecule has 1 N–H and O–H groups in total. The third-order valence-electron chi connectivity index (χ3n) is 9.93. The van der Waals surface area contributed by atoms with Crippen LogP contribution in [-0.4, -0.2) is 38.5 Å². The van der Waals surface area contributed by atoms with Crippen molar-refractivity contribution in [2.24, 2.45) is 17.8 Å². The van der Waals surface area contributed by atoms with Gasteiger partial charge in [0, 0.05) is 5.92 Å². The first-order valence-electron chi connectivity index (χ1n) is 15.0. The normalized spacial score (nSPS) is 29.6. The lowest BCUT2D eigenvalue weighted by Gasteiger charge is -2.50. The van der Waals surface area contributed by atoms with E-state index in [1.807, 2.05) is 0 Å². The number of allylic oxidation sites excluding steroid dienone is 2. The fraction of sp³-hybridized carbons (Fsp3) is 0.294. The Morgan fingerprint density at radius 3 is 1.94 bits per heavy atom. The first-order chi connectivity index (χ1) is 23.3. The third kappa shape index (κ3) is 4.78. The van der Waals surface area contributed by atoms with Crippen molar-refractivity contribution < 1.29 is 55.0 Å². The Kier molecular flexibility index (Phi) is 7.51. The van der Waals surface area contributed by atoms with Crippen molar-refractivity contribution in [1.82, 2.24) is 0 Å². The molecule has 7 nitrogen and oxygen atoms in total. The lowest BCUT2D eigenvalue weighted by Crippen LogP contribution is -2.60. The van der Waals surface area contributed by atoms with Crippen LogP contribution in [0.1, 0.15) is 35.4 Å². The Labute approximate surface area is 287 Å². The lowest BCUT2D eigenvalue weighted by molar-refractivity contribution is -0.143. The van der Waals surface area contributed by atoms with Crippen molar-refractivity contribution in [3.8, 4) is 5.75 Å². The molecule has 3 aromatic rings. The molecule has 6 unspecified atom stereocenters. The maximum Gasteiger partial charge on any atom is 0.416 e. The molecule has 2 aliphatic carbocycles. The zero-order valence-electron chi connectivity index (χ0n) is 25.0. The molecule has 0 spiro atoms. The molecule has 3 fully saturated rings. The van der Waals surface area contributed by atoms with Gasteiger partial charge in [0.2, 0.25) is 11.8 Å². The number of nitrogens with zero attached hydrogens (tertiary/aromatic N) is 2. The molecule has 6 atom stereocenters. The van der Waals surface area contributed by atoms with E-state index < -0.39 is 98.5 Å². The van der Waals surface area contributed by atoms with Crippen LogP contribution in [-0.2, 0) is 31.5 Å². The monoisotopic (exact) mass is 740 g/mol. The largest absolute Gasteiger partial charge is 0.508 e. The molecule has 2 saturated heterocycles. The summed E-state index contributed by atoms with van der Waals surface area (Å²) in [6.45, 7) is 0. The van der Waals surface area contributed by atoms with Gasteiger partial charge in [-0.1, -0.05) is 23.8 Å². The minimum atomic E-state index is -5.26. The number of phenols is 1. The average Bonchev–Trinajstić information content (AvgIpc) is 3.38. The number of anilines is 2. The van der Waals surface area contributed by atoms with Gasteiger partial charge in [-0.15, -0.1) is 23.2 Å². The predicted octanol–water partition coefficient (Wildman–Crippen LogP) is 7.34. The second-order valence-corrected chi connectivity index (χ2v) is 13.9. The van der Waals surface area contributed by atoms with Crippen LogP contribution in [0.25, 0.3) is 0 Å². The van der Waals surface area contributed by atoms with E-state index in [0.717, 1.165) is 24.3 Å². The molecule has 260 valence electrons. The summed E-state index contributed by atoms with van der Waals surface area (Å²) in [5.41, 5.74) is -4.05. The Balaban J connectivity index is 1.37. The van der Waals surface area contributed by atoms with Crippen LogP contribution >= 0.6 is 23.2 Å². The quantitative estimate of drug-likeness (QED) is 0.131. The smallest absolute Gasteiger partial charge is 0.416 e. The maximum absolute atomic E-state index is 14.3. The van der Waals surface area contributed by atoms with Crippen molar-refractivity contribution in [2.45, 2.75) is 40.9 Å². The molecule has 0 aromatic heterocycles. The van der Waals surface area contributed by atoms with Crippen LogP contribution in [0, 0.1) is 23.6 Å². The number of amides is 4. The second-order valence-electron chi connectivity index (χ2n) is 12.6. The van der Waals surface area contributed by atoms with Gasteiger partial charge in [0.15, 0.2) is 9.75 Å². The zero-order chi connectivity index (χ0) is 36.3. The molecule has 3 aromatic carbocycles. The Hall–Kier alpha value is -4.43. The number of aromatic hydroxyl groups is 1. The van der Waals surface area contributed by atoms with Crippen LogP contribution < -0.4 is 9.80 Å². The van der Waals surface area contributed by atoms with E-state index in [0.29, 0.717) is 4.90 Å². The number of hydrogen-bond acceptors (Lipinski definition) is 5. The minimum absolute atomic E-state index is 0.0800. The number of fused-ring (bicyclic) bond motifs is 4. The van der Waals surface area contributed by atoms with Gasteiger partial charge in [-0.25, -0.2) is 14.2 Å². The first-order valence-corrected chi connectivity index (χ1v) is 15.7. The van der Waals surface area contributed by atoms with Crippen LogP contribution in [0.5, 0.6) is 5.75 Å². The van der Waals surface area contributed by atoms with E-state index in [2.05, 4.69) is 0 Å². The minimum Gasteiger partial charge on any atom is -0.508 e. The molecule has 7 rings (SSSR count). The summed E-state index contributed by atoms with van der Waals surface area (Å²) < 4.78 is 96.1. The van der Waals surface area contributed by atoms with Gasteiger partial charge < -0.3 is 5.11 Å². The molecule has 0 bridgehead atoms. The number of alkyl halides is 8. The highest BCUT2D eigenvalue weighted by Gasteiger charge is 2.76. The van der Waals surface area contributed by atoms with Crippen molar-refractivity contribution in [2.75, 3.05) is 9.80 Å². The number of hydrogen-bond donors (Lipinski definition) is 1. The topological polar surface area (TPSA) is 95.0 Å². The van der Waals surface area contributed by atoms with Gasteiger partial charge >= 0.3 is 12.4 Å². The second kappa shape index (κ2) is 11.0. The fourth-order valence-electron chi connectivity index (χ4n) is 7.80. The molecule has 50 heavy (non-hydrogen) atoms.